The lowest BCUT2D eigenvalue weighted by molar-refractivity contribution is 0.809. The van der Waals surface area contributed by atoms with E-state index < -0.39 is 0 Å². The molecule has 0 saturated heterocycles. The highest BCUT2D eigenvalue weighted by molar-refractivity contribution is 5.82. The van der Waals surface area contributed by atoms with Gasteiger partial charge in [-0.2, -0.15) is 14.9 Å². The molecule has 0 unspecified atom stereocenters. The molecule has 0 aliphatic carbocycles. The number of hydrogen-bond acceptors (Lipinski definition) is 5. The van der Waals surface area contributed by atoms with Crippen molar-refractivity contribution >= 4 is 16.7 Å². The summed E-state index contributed by atoms with van der Waals surface area (Å²) in [5, 5.41) is 13.5. The quantitative estimate of drug-likeness (QED) is 0.695. The first-order valence-electron chi connectivity index (χ1n) is 5.57. The summed E-state index contributed by atoms with van der Waals surface area (Å²) in [6.07, 6.45) is 1.61. The summed E-state index contributed by atoms with van der Waals surface area (Å²) in [4.78, 5) is 4.31. The normalized spacial score (nSPS) is 11.0. The van der Waals surface area contributed by atoms with Crippen molar-refractivity contribution in [1.82, 2.24) is 25.0 Å². The third-order valence-electron chi connectivity index (χ3n) is 2.73. The molecule has 3 aromatic rings. The van der Waals surface area contributed by atoms with Gasteiger partial charge in [0.25, 0.3) is 0 Å². The number of nitrogens with zero attached hydrogens (tertiary/aromatic N) is 5. The van der Waals surface area contributed by atoms with E-state index in [0.29, 0.717) is 11.5 Å². The van der Waals surface area contributed by atoms with E-state index in [1.54, 1.807) is 10.9 Å². The standard InChI is InChI=1S/C12H12N6/c1-7-3-4-11(16-15-7)18-12-10(8(2)17-18)5-9(13)6-14-12/h3-6H,13H2,1-2H3. The van der Waals surface area contributed by atoms with Crippen molar-refractivity contribution in [3.63, 3.8) is 0 Å². The fraction of sp³-hybridized carbons (Fsp3) is 0.167. The minimum atomic E-state index is 0.625. The summed E-state index contributed by atoms with van der Waals surface area (Å²) >= 11 is 0. The van der Waals surface area contributed by atoms with E-state index in [9.17, 15) is 0 Å². The van der Waals surface area contributed by atoms with Crippen molar-refractivity contribution < 1.29 is 0 Å². The average Bonchev–Trinajstić information content (AvgIpc) is 2.68. The molecule has 0 radical (unpaired) electrons. The zero-order valence-electron chi connectivity index (χ0n) is 10.1. The largest absolute Gasteiger partial charge is 0.397 e. The summed E-state index contributed by atoms with van der Waals surface area (Å²) in [7, 11) is 0. The molecule has 0 amide bonds. The Bertz CT molecular complexity index is 713. The Labute approximate surface area is 103 Å². The Hall–Kier alpha value is -2.50. The van der Waals surface area contributed by atoms with Crippen LogP contribution in [0, 0.1) is 13.8 Å². The molecule has 0 aliphatic rings. The molecule has 0 aliphatic heterocycles. The van der Waals surface area contributed by atoms with E-state index in [2.05, 4.69) is 20.3 Å². The van der Waals surface area contributed by atoms with Gasteiger partial charge in [0.15, 0.2) is 11.5 Å². The maximum absolute atomic E-state index is 5.73. The molecule has 6 heteroatoms. The van der Waals surface area contributed by atoms with Gasteiger partial charge >= 0.3 is 0 Å². The summed E-state index contributed by atoms with van der Waals surface area (Å²) in [6, 6.07) is 5.62. The molecule has 0 atom stereocenters. The van der Waals surface area contributed by atoms with Crippen LogP contribution in [-0.4, -0.2) is 25.0 Å². The van der Waals surface area contributed by atoms with Gasteiger partial charge in [0.05, 0.1) is 23.3 Å². The molecule has 2 N–H and O–H groups in total. The monoisotopic (exact) mass is 240 g/mol. The lowest BCUT2D eigenvalue weighted by Gasteiger charge is -2.01. The number of rotatable bonds is 1. The van der Waals surface area contributed by atoms with Crippen molar-refractivity contribution in [3.05, 3.63) is 35.8 Å². The highest BCUT2D eigenvalue weighted by Gasteiger charge is 2.11. The number of aryl methyl sites for hydroxylation is 2. The first-order chi connectivity index (χ1) is 8.65. The third kappa shape index (κ3) is 1.58. The fourth-order valence-electron chi connectivity index (χ4n) is 1.82. The minimum Gasteiger partial charge on any atom is -0.397 e. The summed E-state index contributed by atoms with van der Waals surface area (Å²) in [5.41, 5.74) is 8.83. The maximum Gasteiger partial charge on any atom is 0.178 e. The van der Waals surface area contributed by atoms with Gasteiger partial charge in [-0.15, -0.1) is 5.10 Å². The van der Waals surface area contributed by atoms with Gasteiger partial charge in [0.1, 0.15) is 0 Å². The van der Waals surface area contributed by atoms with Gasteiger partial charge in [-0.1, -0.05) is 0 Å². The topological polar surface area (TPSA) is 82.5 Å². The Balaban J connectivity index is 2.26. The van der Waals surface area contributed by atoms with Gasteiger partial charge in [-0.3, -0.25) is 0 Å². The maximum atomic E-state index is 5.73. The first-order valence-corrected chi connectivity index (χ1v) is 5.57. The molecule has 18 heavy (non-hydrogen) atoms. The van der Waals surface area contributed by atoms with E-state index in [4.69, 9.17) is 5.73 Å². The van der Waals surface area contributed by atoms with Crippen LogP contribution >= 0.6 is 0 Å². The van der Waals surface area contributed by atoms with E-state index in [-0.39, 0.29) is 0 Å². The van der Waals surface area contributed by atoms with Crippen molar-refractivity contribution in [1.29, 1.82) is 0 Å². The fourth-order valence-corrected chi connectivity index (χ4v) is 1.82. The van der Waals surface area contributed by atoms with Crippen LogP contribution in [0.1, 0.15) is 11.4 Å². The van der Waals surface area contributed by atoms with Crippen molar-refractivity contribution in [2.75, 3.05) is 5.73 Å². The van der Waals surface area contributed by atoms with Crippen LogP contribution in [-0.2, 0) is 0 Å². The number of hydrogen-bond donors (Lipinski definition) is 1. The smallest absolute Gasteiger partial charge is 0.178 e. The van der Waals surface area contributed by atoms with Crippen LogP contribution in [0.5, 0.6) is 0 Å². The van der Waals surface area contributed by atoms with Gasteiger partial charge < -0.3 is 5.73 Å². The Morgan fingerprint density at radius 1 is 1.17 bits per heavy atom. The van der Waals surface area contributed by atoms with Crippen LogP contribution in [0.4, 0.5) is 5.69 Å². The van der Waals surface area contributed by atoms with E-state index in [1.165, 1.54) is 0 Å². The molecule has 3 aromatic heterocycles. The van der Waals surface area contributed by atoms with Crippen LogP contribution in [0.25, 0.3) is 16.9 Å². The van der Waals surface area contributed by atoms with Crippen LogP contribution in [0.3, 0.4) is 0 Å². The van der Waals surface area contributed by atoms with E-state index in [1.807, 2.05) is 32.0 Å². The van der Waals surface area contributed by atoms with Gasteiger partial charge in [0.2, 0.25) is 0 Å². The second kappa shape index (κ2) is 3.76. The number of aromatic nitrogens is 5. The SMILES string of the molecule is Cc1ccc(-n2nc(C)c3cc(N)cnc32)nn1. The summed E-state index contributed by atoms with van der Waals surface area (Å²) in [5.74, 6) is 0.649. The first kappa shape index (κ1) is 10.6. The van der Waals surface area contributed by atoms with Crippen molar-refractivity contribution in [2.24, 2.45) is 0 Å². The zero-order valence-corrected chi connectivity index (χ0v) is 10.1. The molecule has 0 saturated carbocycles. The van der Waals surface area contributed by atoms with Crippen molar-refractivity contribution in [3.8, 4) is 5.82 Å². The molecule has 0 bridgehead atoms. The molecule has 90 valence electrons. The third-order valence-corrected chi connectivity index (χ3v) is 2.73. The number of nitrogens with two attached hydrogens (primary N) is 1. The highest BCUT2D eigenvalue weighted by Crippen LogP contribution is 2.20. The molecule has 3 rings (SSSR count). The molecule has 3 heterocycles. The number of fused-ring (bicyclic) bond motifs is 1. The lowest BCUT2D eigenvalue weighted by Crippen LogP contribution is -2.02. The van der Waals surface area contributed by atoms with E-state index >= 15 is 0 Å². The Morgan fingerprint density at radius 2 is 2.00 bits per heavy atom. The molecule has 0 spiro atoms. The van der Waals surface area contributed by atoms with E-state index in [0.717, 1.165) is 22.4 Å². The van der Waals surface area contributed by atoms with Gasteiger partial charge in [0, 0.05) is 5.39 Å². The Kier molecular flexibility index (Phi) is 2.22. The number of pyridine rings is 1. The zero-order chi connectivity index (χ0) is 12.7. The molecular formula is C12H12N6. The molecular weight excluding hydrogens is 228 g/mol. The predicted octanol–water partition coefficient (Wildman–Crippen LogP) is 1.41. The van der Waals surface area contributed by atoms with Crippen molar-refractivity contribution in [2.45, 2.75) is 13.8 Å². The molecule has 6 nitrogen and oxygen atoms in total. The average molecular weight is 240 g/mol. The molecule has 0 fully saturated rings. The highest BCUT2D eigenvalue weighted by atomic mass is 15.4. The minimum absolute atomic E-state index is 0.625. The number of anilines is 1. The lowest BCUT2D eigenvalue weighted by atomic mass is 10.2. The molecule has 0 aromatic carbocycles. The van der Waals surface area contributed by atoms with Crippen LogP contribution in [0.2, 0.25) is 0 Å². The summed E-state index contributed by atoms with van der Waals surface area (Å²) in [6.45, 7) is 3.81. The summed E-state index contributed by atoms with van der Waals surface area (Å²) < 4.78 is 1.68. The van der Waals surface area contributed by atoms with Crippen LogP contribution < -0.4 is 5.73 Å². The predicted molar refractivity (Wildman–Crippen MR) is 68.3 cm³/mol. The Morgan fingerprint density at radius 3 is 2.72 bits per heavy atom. The number of nitrogen functional groups attached to an aromatic ring is 1. The van der Waals surface area contributed by atoms with Gasteiger partial charge in [-0.05, 0) is 32.0 Å². The second-order valence-corrected chi connectivity index (χ2v) is 4.17. The van der Waals surface area contributed by atoms with Crippen LogP contribution in [0.15, 0.2) is 24.4 Å². The second-order valence-electron chi connectivity index (χ2n) is 4.17. The van der Waals surface area contributed by atoms with Gasteiger partial charge in [-0.25, -0.2) is 4.98 Å².